The Morgan fingerprint density at radius 2 is 1.47 bits per heavy atom. The van der Waals surface area contributed by atoms with E-state index in [-0.39, 0.29) is 24.0 Å². The van der Waals surface area contributed by atoms with Crippen LogP contribution < -0.4 is 0 Å². The van der Waals surface area contributed by atoms with Crippen LogP contribution >= 0.6 is 32.0 Å². The summed E-state index contributed by atoms with van der Waals surface area (Å²) in [7, 11) is 6.83. The normalized spacial score (nSPS) is 16.8. The lowest BCUT2D eigenvalue weighted by molar-refractivity contribution is 0.0243. The van der Waals surface area contributed by atoms with Gasteiger partial charge in [0.15, 0.2) is 0 Å². The average molecular weight is 637 g/mol. The van der Waals surface area contributed by atoms with Crippen LogP contribution in [0.25, 0.3) is 0 Å². The third-order valence-corrected chi connectivity index (χ3v) is 17.2. The molecule has 1 aliphatic heterocycles. The van der Waals surface area contributed by atoms with Gasteiger partial charge >= 0.3 is 0 Å². The maximum Gasteiger partial charge on any atom is 0.244 e. The van der Waals surface area contributed by atoms with Crippen molar-refractivity contribution in [2.24, 2.45) is 10.8 Å². The molecule has 1 fully saturated rings. The van der Waals surface area contributed by atoms with Crippen molar-refractivity contribution in [2.45, 2.75) is 79.1 Å². The maximum absolute atomic E-state index is 9.08. The second kappa shape index (κ2) is 22.7. The zero-order valence-corrected chi connectivity index (χ0v) is 27.9. The summed E-state index contributed by atoms with van der Waals surface area (Å²) < 4.78 is 11.1. The van der Waals surface area contributed by atoms with Gasteiger partial charge in [0.25, 0.3) is 0 Å². The Kier molecular flexibility index (Phi) is 26.0. The van der Waals surface area contributed by atoms with Crippen molar-refractivity contribution >= 4 is 94.1 Å². The topological polar surface area (TPSA) is 58.9 Å². The van der Waals surface area contributed by atoms with Gasteiger partial charge in [-0.2, -0.15) is 0 Å². The third-order valence-electron chi connectivity index (χ3n) is 4.98. The molecule has 4 nitrogen and oxygen atoms in total. The maximum atomic E-state index is 9.08. The molecule has 32 heavy (non-hydrogen) atoms. The highest BCUT2D eigenvalue weighted by atomic mass is 33.3. The fraction of sp³-hybridized carbons (Fsp3) is 1.00. The van der Waals surface area contributed by atoms with E-state index in [4.69, 9.17) is 31.1 Å². The fourth-order valence-corrected chi connectivity index (χ4v) is 14.8. The molecule has 0 spiro atoms. The first-order chi connectivity index (χ1) is 15.2. The number of aliphatic hydroxyl groups is 2. The van der Waals surface area contributed by atoms with Gasteiger partial charge in [-0.15, -0.1) is 0 Å². The molecular formula is C18H39O4P3S7. The van der Waals surface area contributed by atoms with Gasteiger partial charge < -0.3 is 19.3 Å². The first-order valence-electron chi connectivity index (χ1n) is 10.7. The van der Waals surface area contributed by atoms with E-state index in [1.165, 1.54) is 28.8 Å². The van der Waals surface area contributed by atoms with Gasteiger partial charge in [0.1, 0.15) is 0 Å². The summed E-state index contributed by atoms with van der Waals surface area (Å²) in [5, 5.41) is 18.2. The average Bonchev–Trinajstić information content (AvgIpc) is 2.77. The highest BCUT2D eigenvalue weighted by Crippen LogP contribution is 2.59. The van der Waals surface area contributed by atoms with Gasteiger partial charge in [0.05, 0.1) is 26.4 Å². The monoisotopic (exact) mass is 636 g/mol. The fourth-order valence-electron chi connectivity index (χ4n) is 3.58. The number of thiol groups is 1. The molecule has 0 aromatic heterocycles. The van der Waals surface area contributed by atoms with Gasteiger partial charge in [-0.3, -0.25) is 0 Å². The van der Waals surface area contributed by atoms with Crippen molar-refractivity contribution in [3.8, 4) is 0 Å². The molecule has 0 radical (unpaired) electrons. The second-order valence-electron chi connectivity index (χ2n) is 7.71. The lowest BCUT2D eigenvalue weighted by atomic mass is 9.81. The van der Waals surface area contributed by atoms with Crippen LogP contribution in [0.2, 0.25) is 0 Å². The molecular weight excluding hydrogens is 598 g/mol. The van der Waals surface area contributed by atoms with E-state index in [0.717, 1.165) is 58.8 Å². The Morgan fingerprint density at radius 3 is 1.78 bits per heavy atom. The van der Waals surface area contributed by atoms with Crippen molar-refractivity contribution in [3.05, 3.63) is 0 Å². The summed E-state index contributed by atoms with van der Waals surface area (Å²) in [6.07, 6.45) is 8.56. The molecule has 0 aromatic rings. The molecule has 0 aliphatic carbocycles. The summed E-state index contributed by atoms with van der Waals surface area (Å²) in [5.74, 6) is 0. The summed E-state index contributed by atoms with van der Waals surface area (Å²) in [5.41, 5.74) is -2.19. The van der Waals surface area contributed by atoms with Crippen LogP contribution in [-0.2, 0) is 71.1 Å². The van der Waals surface area contributed by atoms with Crippen LogP contribution in [0, 0.1) is 10.8 Å². The third kappa shape index (κ3) is 17.9. The Balaban J connectivity index is 0. The zero-order valence-electron chi connectivity index (χ0n) is 19.4. The van der Waals surface area contributed by atoms with Gasteiger partial charge in [0.2, 0.25) is 5.69 Å². The SMILES string of the molecule is CCCC(CO)(CO)CCC.CCCC1(CCC)COP(=S)(S)OC1.S=PP=S=S=S=S. The molecule has 1 aliphatic rings. The standard InChI is InChI=1S/C9H19O2PS2.C9H20O2.P2S5/c1-3-5-9(6-4-2)7-10-12(13,14)11-8-9;1-3-5-9(7-10,8-11)6-4-2;3-1-2-5-7-6-4/h3-8H2,1-2H3,(H,13,14);10-11H,3-8H2,1-2H3;. The summed E-state index contributed by atoms with van der Waals surface area (Å²) in [6, 6.07) is 0. The lowest BCUT2D eigenvalue weighted by Gasteiger charge is -2.39. The first-order valence-corrected chi connectivity index (χ1v) is 23.0. The quantitative estimate of drug-likeness (QED) is 0.166. The molecule has 192 valence electrons. The van der Waals surface area contributed by atoms with Crippen LogP contribution in [0.3, 0.4) is 0 Å². The van der Waals surface area contributed by atoms with E-state index in [1.807, 2.05) is 0 Å². The number of hydrogen-bond acceptors (Lipinski definition) is 7. The largest absolute Gasteiger partial charge is 0.396 e. The van der Waals surface area contributed by atoms with Crippen molar-refractivity contribution in [3.63, 3.8) is 0 Å². The summed E-state index contributed by atoms with van der Waals surface area (Å²) >= 11 is 18.5. The molecule has 0 aromatic carbocycles. The molecule has 1 heterocycles. The number of aliphatic hydroxyl groups excluding tert-OH is 2. The Morgan fingerprint density at radius 1 is 1.00 bits per heavy atom. The zero-order chi connectivity index (χ0) is 24.9. The van der Waals surface area contributed by atoms with E-state index in [9.17, 15) is 0 Å². The molecule has 0 amide bonds. The molecule has 0 bridgehead atoms. The van der Waals surface area contributed by atoms with Crippen LogP contribution in [0.15, 0.2) is 0 Å². The molecule has 1 rings (SSSR count). The molecule has 14 heteroatoms. The van der Waals surface area contributed by atoms with E-state index >= 15 is 0 Å². The Bertz CT molecular complexity index is 647. The number of hydrogen-bond donors (Lipinski definition) is 3. The minimum atomic E-state index is -2.19. The Hall–Kier alpha value is 2.54. The Labute approximate surface area is 227 Å². The predicted octanol–water partition coefficient (Wildman–Crippen LogP) is 7.04. The smallest absolute Gasteiger partial charge is 0.244 e. The van der Waals surface area contributed by atoms with E-state index in [2.05, 4.69) is 62.9 Å². The van der Waals surface area contributed by atoms with Crippen LogP contribution in [0.1, 0.15) is 79.1 Å². The van der Waals surface area contributed by atoms with Gasteiger partial charge in [-0.1, -0.05) is 65.6 Å². The second-order valence-corrected chi connectivity index (χ2v) is 22.7. The number of rotatable bonds is 11. The molecule has 0 unspecified atom stereocenters. The van der Waals surface area contributed by atoms with Crippen molar-refractivity contribution in [1.82, 2.24) is 0 Å². The van der Waals surface area contributed by atoms with Crippen LogP contribution in [0.5, 0.6) is 0 Å². The van der Waals surface area contributed by atoms with E-state index in [0.29, 0.717) is 0 Å². The molecule has 2 N–H and O–H groups in total. The highest BCUT2D eigenvalue weighted by Gasteiger charge is 2.37. The minimum absolute atomic E-state index is 0.116. The van der Waals surface area contributed by atoms with Gasteiger partial charge in [0, 0.05) is 24.9 Å². The van der Waals surface area contributed by atoms with Crippen molar-refractivity contribution in [2.75, 3.05) is 26.4 Å². The predicted molar refractivity (Wildman–Crippen MR) is 165 cm³/mol. The first kappa shape index (κ1) is 36.7. The van der Waals surface area contributed by atoms with Crippen LogP contribution in [0.4, 0.5) is 0 Å². The van der Waals surface area contributed by atoms with Gasteiger partial charge in [-0.25, -0.2) is 0 Å². The summed E-state index contributed by atoms with van der Waals surface area (Å²) in [4.78, 5) is 0. The highest BCUT2D eigenvalue weighted by molar-refractivity contribution is 8.63. The van der Waals surface area contributed by atoms with Crippen LogP contribution in [-0.4, -0.2) is 36.6 Å². The van der Waals surface area contributed by atoms with E-state index < -0.39 is 5.69 Å². The molecule has 1 saturated heterocycles. The minimum Gasteiger partial charge on any atom is -0.396 e. The lowest BCUT2D eigenvalue weighted by Crippen LogP contribution is -2.34. The van der Waals surface area contributed by atoms with E-state index in [1.54, 1.807) is 18.4 Å². The summed E-state index contributed by atoms with van der Waals surface area (Å²) in [6.45, 7) is 10.2. The molecule has 0 saturated carbocycles. The molecule has 0 atom stereocenters. The van der Waals surface area contributed by atoms with Crippen molar-refractivity contribution < 1.29 is 19.3 Å². The van der Waals surface area contributed by atoms with Crippen molar-refractivity contribution in [1.29, 1.82) is 0 Å². The van der Waals surface area contributed by atoms with Gasteiger partial charge in [-0.05, 0) is 87.7 Å².